The fourth-order valence-electron chi connectivity index (χ4n) is 1.70. The van der Waals surface area contributed by atoms with Gasteiger partial charge in [-0.1, -0.05) is 0 Å². The highest BCUT2D eigenvalue weighted by Gasteiger charge is 2.19. The zero-order valence-electron chi connectivity index (χ0n) is 10.6. The van der Waals surface area contributed by atoms with E-state index in [4.69, 9.17) is 0 Å². The molecule has 2 atom stereocenters. The molecule has 0 aliphatic heterocycles. The fourth-order valence-corrected chi connectivity index (χ4v) is 1.70. The molecule has 0 aromatic carbocycles. The van der Waals surface area contributed by atoms with Crippen LogP contribution in [0.4, 0.5) is 0 Å². The molecule has 0 saturated carbocycles. The molecule has 0 radical (unpaired) electrons. The molecule has 1 unspecified atom stereocenters. The van der Waals surface area contributed by atoms with Gasteiger partial charge in [0.25, 0.3) is 0 Å². The van der Waals surface area contributed by atoms with E-state index in [0.717, 1.165) is 5.82 Å². The molecule has 5 nitrogen and oxygen atoms in total. The lowest BCUT2D eigenvalue weighted by molar-refractivity contribution is -0.130. The van der Waals surface area contributed by atoms with Crippen LogP contribution in [0.3, 0.4) is 0 Å². The van der Waals surface area contributed by atoms with E-state index in [1.165, 1.54) is 0 Å². The van der Waals surface area contributed by atoms with Crippen molar-refractivity contribution in [2.45, 2.75) is 25.9 Å². The van der Waals surface area contributed by atoms with Crippen molar-refractivity contribution in [2.24, 2.45) is 7.05 Å². The largest absolute Gasteiger partial charge is 0.347 e. The highest BCUT2D eigenvalue weighted by molar-refractivity contribution is 5.80. The van der Waals surface area contributed by atoms with Crippen LogP contribution in [0.2, 0.25) is 0 Å². The van der Waals surface area contributed by atoms with Crippen molar-refractivity contribution in [1.29, 1.82) is 0 Å². The van der Waals surface area contributed by atoms with Gasteiger partial charge in [-0.15, -0.1) is 0 Å². The molecular formula is C11H20N4O. The molecule has 0 saturated heterocycles. The van der Waals surface area contributed by atoms with Crippen molar-refractivity contribution in [1.82, 2.24) is 19.8 Å². The maximum Gasteiger partial charge on any atom is 0.238 e. The van der Waals surface area contributed by atoms with Gasteiger partial charge in [-0.05, 0) is 13.8 Å². The van der Waals surface area contributed by atoms with E-state index in [-0.39, 0.29) is 18.0 Å². The third-order valence-electron chi connectivity index (χ3n) is 2.56. The molecule has 0 fully saturated rings. The minimum atomic E-state index is -0.207. The lowest BCUT2D eigenvalue weighted by Gasteiger charge is -2.21. The second-order valence-electron chi connectivity index (χ2n) is 4.24. The third kappa shape index (κ3) is 2.82. The molecule has 1 aromatic rings. The normalized spacial score (nSPS) is 14.6. The number of hydrogen-bond acceptors (Lipinski definition) is 3. The Hall–Kier alpha value is -1.36. The average Bonchev–Trinajstić information content (AvgIpc) is 2.62. The van der Waals surface area contributed by atoms with Crippen LogP contribution < -0.4 is 5.32 Å². The number of nitrogens with one attached hydrogen (secondary N) is 1. The topological polar surface area (TPSA) is 50.2 Å². The molecular weight excluding hydrogens is 204 g/mol. The van der Waals surface area contributed by atoms with Gasteiger partial charge in [0.05, 0.1) is 12.1 Å². The standard InChI is InChI=1S/C11H20N4O/c1-8(10-12-6-7-15(10)5)13-9(2)11(16)14(3)4/h6-9,13H,1-5H3/t8?,9-/m1/s1. The number of carbonyl (C=O) groups is 1. The van der Waals surface area contributed by atoms with E-state index in [0.29, 0.717) is 0 Å². The van der Waals surface area contributed by atoms with Crippen molar-refractivity contribution >= 4 is 5.91 Å². The average molecular weight is 224 g/mol. The van der Waals surface area contributed by atoms with Gasteiger partial charge in [0, 0.05) is 33.5 Å². The Bertz CT molecular complexity index is 359. The summed E-state index contributed by atoms with van der Waals surface area (Å²) in [6, 6.07) is -0.152. The second kappa shape index (κ2) is 5.12. The van der Waals surface area contributed by atoms with Gasteiger partial charge in [0.2, 0.25) is 5.91 Å². The lowest BCUT2D eigenvalue weighted by atomic mass is 10.2. The van der Waals surface area contributed by atoms with Crippen LogP contribution in [0.1, 0.15) is 25.7 Å². The number of rotatable bonds is 4. The molecule has 1 rings (SSSR count). The van der Waals surface area contributed by atoms with Crippen LogP contribution in [0.15, 0.2) is 12.4 Å². The molecule has 0 spiro atoms. The van der Waals surface area contributed by atoms with Crippen LogP contribution in [0, 0.1) is 0 Å². The van der Waals surface area contributed by atoms with Crippen LogP contribution in [0.25, 0.3) is 0 Å². The monoisotopic (exact) mass is 224 g/mol. The number of carbonyl (C=O) groups excluding carboxylic acids is 1. The number of aromatic nitrogens is 2. The predicted molar refractivity (Wildman–Crippen MR) is 62.9 cm³/mol. The predicted octanol–water partition coefficient (Wildman–Crippen LogP) is 0.547. The van der Waals surface area contributed by atoms with E-state index < -0.39 is 0 Å². The van der Waals surface area contributed by atoms with E-state index in [9.17, 15) is 4.79 Å². The van der Waals surface area contributed by atoms with Gasteiger partial charge in [0.1, 0.15) is 5.82 Å². The number of imidazole rings is 1. The summed E-state index contributed by atoms with van der Waals surface area (Å²) in [5, 5.41) is 3.23. The summed E-state index contributed by atoms with van der Waals surface area (Å²) in [6.07, 6.45) is 3.65. The Labute approximate surface area is 96.5 Å². The summed E-state index contributed by atoms with van der Waals surface area (Å²) >= 11 is 0. The SMILES string of the molecule is CC(N[C@H](C)C(=O)N(C)C)c1nccn1C. The molecule has 0 bridgehead atoms. The number of nitrogens with zero attached hydrogens (tertiary/aromatic N) is 3. The number of likely N-dealkylation sites (N-methyl/N-ethyl adjacent to an activating group) is 1. The molecule has 1 N–H and O–H groups in total. The number of amides is 1. The minimum absolute atomic E-state index is 0.0545. The molecule has 16 heavy (non-hydrogen) atoms. The number of hydrogen-bond donors (Lipinski definition) is 1. The first kappa shape index (κ1) is 12.7. The van der Waals surface area contributed by atoms with Crippen LogP contribution >= 0.6 is 0 Å². The van der Waals surface area contributed by atoms with Crippen molar-refractivity contribution in [3.63, 3.8) is 0 Å². The van der Waals surface area contributed by atoms with Gasteiger partial charge in [0.15, 0.2) is 0 Å². The first-order valence-corrected chi connectivity index (χ1v) is 5.38. The van der Waals surface area contributed by atoms with Gasteiger partial charge >= 0.3 is 0 Å². The van der Waals surface area contributed by atoms with E-state index in [1.54, 1.807) is 25.2 Å². The molecule has 1 aromatic heterocycles. The van der Waals surface area contributed by atoms with Gasteiger partial charge in [-0.3, -0.25) is 10.1 Å². The molecule has 5 heteroatoms. The lowest BCUT2D eigenvalue weighted by Crippen LogP contribution is -2.42. The molecule has 90 valence electrons. The summed E-state index contributed by atoms with van der Waals surface area (Å²) in [6.45, 7) is 3.86. The highest BCUT2D eigenvalue weighted by Crippen LogP contribution is 2.09. The van der Waals surface area contributed by atoms with Crippen molar-refractivity contribution in [3.8, 4) is 0 Å². The van der Waals surface area contributed by atoms with E-state index in [1.807, 2.05) is 31.7 Å². The maximum absolute atomic E-state index is 11.7. The van der Waals surface area contributed by atoms with Crippen LogP contribution in [-0.4, -0.2) is 40.5 Å². The zero-order valence-corrected chi connectivity index (χ0v) is 10.6. The van der Waals surface area contributed by atoms with Crippen molar-refractivity contribution in [3.05, 3.63) is 18.2 Å². The second-order valence-corrected chi connectivity index (χ2v) is 4.24. The van der Waals surface area contributed by atoms with E-state index >= 15 is 0 Å². The maximum atomic E-state index is 11.7. The Balaban J connectivity index is 2.62. The summed E-state index contributed by atoms with van der Waals surface area (Å²) in [5.74, 6) is 1.000. The summed E-state index contributed by atoms with van der Waals surface area (Å²) in [4.78, 5) is 17.5. The molecule has 1 amide bonds. The fraction of sp³-hybridized carbons (Fsp3) is 0.636. The molecule has 0 aliphatic carbocycles. The Morgan fingerprint density at radius 3 is 2.56 bits per heavy atom. The zero-order chi connectivity index (χ0) is 12.3. The Morgan fingerprint density at radius 2 is 2.12 bits per heavy atom. The Kier molecular flexibility index (Phi) is 4.06. The van der Waals surface area contributed by atoms with Crippen molar-refractivity contribution in [2.75, 3.05) is 14.1 Å². The molecule has 1 heterocycles. The van der Waals surface area contributed by atoms with Gasteiger partial charge in [-0.25, -0.2) is 4.98 Å². The minimum Gasteiger partial charge on any atom is -0.347 e. The Morgan fingerprint density at radius 1 is 1.50 bits per heavy atom. The molecule has 0 aliphatic rings. The summed E-state index contributed by atoms with van der Waals surface area (Å²) < 4.78 is 1.95. The van der Waals surface area contributed by atoms with Crippen LogP contribution in [-0.2, 0) is 11.8 Å². The van der Waals surface area contributed by atoms with Crippen LogP contribution in [0.5, 0.6) is 0 Å². The van der Waals surface area contributed by atoms with Gasteiger partial charge in [-0.2, -0.15) is 0 Å². The van der Waals surface area contributed by atoms with Crippen molar-refractivity contribution < 1.29 is 4.79 Å². The van der Waals surface area contributed by atoms with Gasteiger partial charge < -0.3 is 9.47 Å². The summed E-state index contributed by atoms with van der Waals surface area (Å²) in [5.41, 5.74) is 0. The highest BCUT2D eigenvalue weighted by atomic mass is 16.2. The first-order chi connectivity index (χ1) is 7.43. The quantitative estimate of drug-likeness (QED) is 0.812. The third-order valence-corrected chi connectivity index (χ3v) is 2.56. The van der Waals surface area contributed by atoms with E-state index in [2.05, 4.69) is 10.3 Å². The smallest absolute Gasteiger partial charge is 0.238 e. The summed E-state index contributed by atoms with van der Waals surface area (Å²) in [7, 11) is 5.46. The number of aryl methyl sites for hydroxylation is 1. The first-order valence-electron chi connectivity index (χ1n) is 5.38.